The fraction of sp³-hybridized carbons (Fsp3) is 0.0638. The standard InChI is InChI=1S/C47H32N4S/c1-47(2)37-19-11-9-17-35(37)39-40(47)43-42(36-18-10-12-20-38(36)52-43)48-41(39)31-25-21-29(22-26-31)30-23-27-34(28-24-30)46-50-44(32-13-5-3-6-14-32)49-45(51-46)33-15-7-4-8-16-33/h3-28H,1-2H3. The molecule has 0 spiro atoms. The largest absolute Gasteiger partial charge is 0.246 e. The van der Waals surface area contributed by atoms with Crippen LogP contribution in [0.5, 0.6) is 0 Å². The topological polar surface area (TPSA) is 51.6 Å². The van der Waals surface area contributed by atoms with Crippen molar-refractivity contribution in [2.24, 2.45) is 0 Å². The number of hydrogen-bond donors (Lipinski definition) is 0. The summed E-state index contributed by atoms with van der Waals surface area (Å²) >= 11 is 1.87. The maximum absolute atomic E-state index is 5.47. The van der Waals surface area contributed by atoms with Crippen LogP contribution in [0, 0.1) is 0 Å². The van der Waals surface area contributed by atoms with Gasteiger partial charge in [0.25, 0.3) is 0 Å². The van der Waals surface area contributed by atoms with Crippen LogP contribution in [0.2, 0.25) is 0 Å². The van der Waals surface area contributed by atoms with E-state index >= 15 is 0 Å². The molecule has 1 aliphatic carbocycles. The molecule has 0 aliphatic heterocycles. The molecule has 0 amide bonds. The van der Waals surface area contributed by atoms with E-state index in [4.69, 9.17) is 19.9 Å². The molecule has 0 bridgehead atoms. The van der Waals surface area contributed by atoms with Crippen molar-refractivity contribution >= 4 is 31.6 Å². The van der Waals surface area contributed by atoms with Crippen molar-refractivity contribution in [2.45, 2.75) is 19.3 Å². The van der Waals surface area contributed by atoms with Gasteiger partial charge in [-0.1, -0.05) is 166 Å². The van der Waals surface area contributed by atoms with Gasteiger partial charge in [0.05, 0.1) is 15.9 Å². The number of thiophene rings is 1. The number of benzene rings is 6. The summed E-state index contributed by atoms with van der Waals surface area (Å²) in [5.41, 5.74) is 13.5. The third-order valence-electron chi connectivity index (χ3n) is 10.3. The molecule has 6 aromatic carbocycles. The van der Waals surface area contributed by atoms with E-state index in [1.807, 2.05) is 72.0 Å². The van der Waals surface area contributed by atoms with Crippen LogP contribution in [-0.2, 0) is 5.41 Å². The Morgan fingerprint density at radius 3 is 1.54 bits per heavy atom. The molecule has 0 saturated heterocycles. The van der Waals surface area contributed by atoms with Gasteiger partial charge < -0.3 is 0 Å². The second-order valence-electron chi connectivity index (χ2n) is 13.8. The number of pyridine rings is 1. The van der Waals surface area contributed by atoms with Crippen molar-refractivity contribution in [3.8, 4) is 67.7 Å². The maximum atomic E-state index is 5.47. The van der Waals surface area contributed by atoms with Gasteiger partial charge >= 0.3 is 0 Å². The number of rotatable bonds is 5. The molecular formula is C47H32N4S. The molecule has 10 rings (SSSR count). The zero-order valence-corrected chi connectivity index (χ0v) is 29.5. The smallest absolute Gasteiger partial charge is 0.164 e. The summed E-state index contributed by atoms with van der Waals surface area (Å²) in [6, 6.07) is 55.1. The molecule has 52 heavy (non-hydrogen) atoms. The highest BCUT2D eigenvalue weighted by Gasteiger charge is 2.40. The summed E-state index contributed by atoms with van der Waals surface area (Å²) in [7, 11) is 0. The molecule has 0 atom stereocenters. The number of hydrogen-bond acceptors (Lipinski definition) is 5. The quantitative estimate of drug-likeness (QED) is 0.181. The van der Waals surface area contributed by atoms with Crippen molar-refractivity contribution in [1.29, 1.82) is 0 Å². The van der Waals surface area contributed by atoms with E-state index in [1.54, 1.807) is 0 Å². The van der Waals surface area contributed by atoms with Gasteiger partial charge in [-0.05, 0) is 33.9 Å². The van der Waals surface area contributed by atoms with Crippen molar-refractivity contribution in [2.75, 3.05) is 0 Å². The number of fused-ring (bicyclic) bond motifs is 7. The zero-order chi connectivity index (χ0) is 34.8. The van der Waals surface area contributed by atoms with Gasteiger partial charge in [-0.3, -0.25) is 0 Å². The van der Waals surface area contributed by atoms with Crippen LogP contribution in [0.15, 0.2) is 158 Å². The first kappa shape index (κ1) is 30.5. The highest BCUT2D eigenvalue weighted by Crippen LogP contribution is 2.56. The molecule has 1 aliphatic rings. The molecule has 9 aromatic rings. The summed E-state index contributed by atoms with van der Waals surface area (Å²) in [6.45, 7) is 4.72. The van der Waals surface area contributed by atoms with Gasteiger partial charge in [0.1, 0.15) is 0 Å². The normalized spacial score (nSPS) is 13.0. The van der Waals surface area contributed by atoms with E-state index in [0.29, 0.717) is 17.5 Å². The Morgan fingerprint density at radius 1 is 0.442 bits per heavy atom. The van der Waals surface area contributed by atoms with Crippen LogP contribution in [0.4, 0.5) is 0 Å². The van der Waals surface area contributed by atoms with Crippen LogP contribution in [0.3, 0.4) is 0 Å². The van der Waals surface area contributed by atoms with Crippen LogP contribution >= 0.6 is 11.3 Å². The SMILES string of the molecule is CC1(C)c2ccccc2-c2c(-c3ccc(-c4ccc(-c5nc(-c6ccccc6)nc(-c6ccccc6)n5)cc4)cc3)nc3c(sc4ccccc43)c21. The lowest BCUT2D eigenvalue weighted by Gasteiger charge is -2.22. The second-order valence-corrected chi connectivity index (χ2v) is 14.9. The fourth-order valence-corrected chi connectivity index (χ4v) is 9.08. The minimum atomic E-state index is -0.132. The lowest BCUT2D eigenvalue weighted by atomic mass is 9.82. The Labute approximate surface area is 306 Å². The Balaban J connectivity index is 1.04. The average Bonchev–Trinajstić information content (AvgIpc) is 3.70. The Hall–Kier alpha value is -6.30. The predicted octanol–water partition coefficient (Wildman–Crippen LogP) is 12.3. The van der Waals surface area contributed by atoms with E-state index < -0.39 is 0 Å². The predicted molar refractivity (Wildman–Crippen MR) is 215 cm³/mol. The average molecular weight is 685 g/mol. The molecule has 5 heteroatoms. The molecule has 3 heterocycles. The van der Waals surface area contributed by atoms with E-state index in [0.717, 1.165) is 44.6 Å². The lowest BCUT2D eigenvalue weighted by Crippen LogP contribution is -2.15. The minimum Gasteiger partial charge on any atom is -0.246 e. The Kier molecular flexibility index (Phi) is 6.98. The van der Waals surface area contributed by atoms with Gasteiger partial charge in [0, 0.05) is 43.3 Å². The second kappa shape index (κ2) is 11.9. The highest BCUT2D eigenvalue weighted by molar-refractivity contribution is 7.26. The van der Waals surface area contributed by atoms with Crippen LogP contribution in [0.1, 0.15) is 25.0 Å². The summed E-state index contributed by atoms with van der Waals surface area (Å²) in [5, 5.41) is 1.22. The van der Waals surface area contributed by atoms with Gasteiger partial charge in [-0.15, -0.1) is 11.3 Å². The molecule has 0 radical (unpaired) electrons. The van der Waals surface area contributed by atoms with E-state index in [2.05, 4.69) is 111 Å². The maximum Gasteiger partial charge on any atom is 0.164 e. The van der Waals surface area contributed by atoms with E-state index in [9.17, 15) is 0 Å². The number of aromatic nitrogens is 4. The van der Waals surface area contributed by atoms with Crippen molar-refractivity contribution in [3.05, 3.63) is 169 Å². The van der Waals surface area contributed by atoms with E-state index in [-0.39, 0.29) is 5.41 Å². The van der Waals surface area contributed by atoms with Crippen LogP contribution in [-0.4, -0.2) is 19.9 Å². The first-order valence-corrected chi connectivity index (χ1v) is 18.4. The van der Waals surface area contributed by atoms with E-state index in [1.165, 1.54) is 37.0 Å². The van der Waals surface area contributed by atoms with Crippen molar-refractivity contribution in [3.63, 3.8) is 0 Å². The van der Waals surface area contributed by atoms with Crippen LogP contribution in [0.25, 0.3) is 88.0 Å². The van der Waals surface area contributed by atoms with Crippen molar-refractivity contribution < 1.29 is 0 Å². The number of nitrogens with zero attached hydrogens (tertiary/aromatic N) is 4. The van der Waals surface area contributed by atoms with Gasteiger partial charge in [0.15, 0.2) is 17.5 Å². The summed E-state index contributed by atoms with van der Waals surface area (Å²) < 4.78 is 2.57. The lowest BCUT2D eigenvalue weighted by molar-refractivity contribution is 0.667. The first-order chi connectivity index (χ1) is 25.5. The van der Waals surface area contributed by atoms with Crippen molar-refractivity contribution in [1.82, 2.24) is 19.9 Å². The van der Waals surface area contributed by atoms with Gasteiger partial charge in [-0.2, -0.15) is 0 Å². The highest BCUT2D eigenvalue weighted by atomic mass is 32.1. The molecule has 246 valence electrons. The fourth-order valence-electron chi connectivity index (χ4n) is 7.73. The molecule has 0 saturated carbocycles. The van der Waals surface area contributed by atoms with Crippen LogP contribution < -0.4 is 0 Å². The molecule has 4 nitrogen and oxygen atoms in total. The Morgan fingerprint density at radius 2 is 0.923 bits per heavy atom. The molecule has 0 N–H and O–H groups in total. The summed E-state index contributed by atoms with van der Waals surface area (Å²) in [6.07, 6.45) is 0. The minimum absolute atomic E-state index is 0.132. The third kappa shape index (κ3) is 4.89. The molecule has 0 unspecified atom stereocenters. The van der Waals surface area contributed by atoms with Gasteiger partial charge in [0.2, 0.25) is 0 Å². The summed E-state index contributed by atoms with van der Waals surface area (Å²) in [4.78, 5) is 20.1. The zero-order valence-electron chi connectivity index (χ0n) is 28.7. The molecular weight excluding hydrogens is 653 g/mol. The Bertz CT molecular complexity index is 2730. The monoisotopic (exact) mass is 684 g/mol. The third-order valence-corrected chi connectivity index (χ3v) is 11.5. The summed E-state index contributed by atoms with van der Waals surface area (Å²) in [5.74, 6) is 1.96. The first-order valence-electron chi connectivity index (χ1n) is 17.6. The molecule has 0 fully saturated rings. The van der Waals surface area contributed by atoms with Gasteiger partial charge in [-0.25, -0.2) is 19.9 Å². The molecule has 3 aromatic heterocycles.